The molecule has 2 aromatic rings. The number of benzene rings is 2. The van der Waals surface area contributed by atoms with Crippen LogP contribution in [0, 0.1) is 5.41 Å². The Bertz CT molecular complexity index is 645. The highest BCUT2D eigenvalue weighted by atomic mass is 16.3. The van der Waals surface area contributed by atoms with Crippen molar-refractivity contribution in [2.75, 3.05) is 6.54 Å². The van der Waals surface area contributed by atoms with Crippen molar-refractivity contribution in [1.29, 1.82) is 0 Å². The second-order valence-corrected chi connectivity index (χ2v) is 6.42. The molecule has 0 heterocycles. The predicted molar refractivity (Wildman–Crippen MR) is 90.9 cm³/mol. The lowest BCUT2D eigenvalue weighted by Gasteiger charge is -2.15. The molecule has 0 aromatic heterocycles. The van der Waals surface area contributed by atoms with Crippen LogP contribution in [-0.2, 0) is 24.2 Å². The van der Waals surface area contributed by atoms with E-state index in [1.807, 2.05) is 42.5 Å². The van der Waals surface area contributed by atoms with Crippen LogP contribution >= 0.6 is 0 Å². The van der Waals surface area contributed by atoms with Crippen molar-refractivity contribution in [2.45, 2.75) is 32.3 Å². The minimum Gasteiger partial charge on any atom is -0.392 e. The third-order valence-electron chi connectivity index (χ3n) is 4.63. The number of rotatable bonds is 7. The monoisotopic (exact) mass is 309 g/mol. The molecule has 3 nitrogen and oxygen atoms in total. The van der Waals surface area contributed by atoms with Gasteiger partial charge in [-0.25, -0.2) is 0 Å². The molecule has 1 aliphatic carbocycles. The third-order valence-corrected chi connectivity index (χ3v) is 4.63. The maximum atomic E-state index is 12.5. The van der Waals surface area contributed by atoms with Crippen LogP contribution in [0.15, 0.2) is 54.6 Å². The third kappa shape index (κ3) is 3.99. The molecule has 1 fully saturated rings. The first-order chi connectivity index (χ1) is 11.2. The number of hydrogen-bond donors (Lipinski definition) is 2. The summed E-state index contributed by atoms with van der Waals surface area (Å²) in [5, 5.41) is 12.1. The second kappa shape index (κ2) is 6.97. The van der Waals surface area contributed by atoms with Gasteiger partial charge in [-0.1, -0.05) is 54.6 Å². The topological polar surface area (TPSA) is 49.3 Å². The van der Waals surface area contributed by atoms with Gasteiger partial charge in [0, 0.05) is 6.54 Å². The molecule has 2 N–H and O–H groups in total. The molecule has 0 aliphatic heterocycles. The maximum Gasteiger partial charge on any atom is 0.226 e. The van der Waals surface area contributed by atoms with E-state index in [0.717, 1.165) is 31.2 Å². The first-order valence-corrected chi connectivity index (χ1v) is 8.23. The lowest BCUT2D eigenvalue weighted by atomic mass is 9.95. The predicted octanol–water partition coefficient (Wildman–Crippen LogP) is 2.86. The molecule has 0 saturated heterocycles. The summed E-state index contributed by atoms with van der Waals surface area (Å²) in [6.45, 7) is 0.729. The number of hydrogen-bond acceptors (Lipinski definition) is 2. The lowest BCUT2D eigenvalue weighted by molar-refractivity contribution is -0.126. The largest absolute Gasteiger partial charge is 0.392 e. The lowest BCUT2D eigenvalue weighted by Crippen LogP contribution is -2.34. The molecule has 3 rings (SSSR count). The van der Waals surface area contributed by atoms with Gasteiger partial charge in [0.25, 0.3) is 0 Å². The zero-order valence-corrected chi connectivity index (χ0v) is 13.3. The van der Waals surface area contributed by atoms with Gasteiger partial charge in [0.05, 0.1) is 12.0 Å². The first-order valence-electron chi connectivity index (χ1n) is 8.23. The number of aliphatic hydroxyl groups excluding tert-OH is 1. The zero-order chi connectivity index (χ0) is 16.1. The van der Waals surface area contributed by atoms with Crippen molar-refractivity contribution in [3.05, 3.63) is 71.3 Å². The quantitative estimate of drug-likeness (QED) is 0.826. The Morgan fingerprint density at radius 1 is 0.957 bits per heavy atom. The van der Waals surface area contributed by atoms with E-state index in [9.17, 15) is 4.79 Å². The Balaban J connectivity index is 1.49. The normalized spacial score (nSPS) is 15.2. The Morgan fingerprint density at radius 3 is 2.22 bits per heavy atom. The average molecular weight is 309 g/mol. The Labute approximate surface area is 137 Å². The molecule has 0 radical (unpaired) electrons. The minimum absolute atomic E-state index is 0.0685. The molecule has 0 spiro atoms. The standard InChI is InChI=1S/C20H23NO2/c22-15-18-8-6-16(7-9-18)10-13-21-19(23)20(11-12-20)14-17-4-2-1-3-5-17/h1-9,22H,10-15H2,(H,21,23). The molecule has 0 bridgehead atoms. The molecular weight excluding hydrogens is 286 g/mol. The van der Waals surface area contributed by atoms with E-state index in [0.29, 0.717) is 6.54 Å². The highest BCUT2D eigenvalue weighted by Crippen LogP contribution is 2.48. The van der Waals surface area contributed by atoms with Gasteiger partial charge in [0.2, 0.25) is 5.91 Å². The van der Waals surface area contributed by atoms with Crippen LogP contribution in [0.4, 0.5) is 0 Å². The van der Waals surface area contributed by atoms with E-state index < -0.39 is 0 Å². The Morgan fingerprint density at radius 2 is 1.61 bits per heavy atom. The summed E-state index contributed by atoms with van der Waals surface area (Å²) in [4.78, 5) is 12.5. The van der Waals surface area contributed by atoms with Crippen molar-refractivity contribution in [3.63, 3.8) is 0 Å². The van der Waals surface area contributed by atoms with Crippen LogP contribution in [0.2, 0.25) is 0 Å². The second-order valence-electron chi connectivity index (χ2n) is 6.42. The highest BCUT2D eigenvalue weighted by Gasteiger charge is 2.49. The summed E-state index contributed by atoms with van der Waals surface area (Å²) in [6, 6.07) is 18.1. The summed E-state index contributed by atoms with van der Waals surface area (Å²) < 4.78 is 0. The van der Waals surface area contributed by atoms with E-state index in [1.54, 1.807) is 0 Å². The van der Waals surface area contributed by atoms with E-state index in [1.165, 1.54) is 11.1 Å². The van der Waals surface area contributed by atoms with Gasteiger partial charge in [-0.05, 0) is 42.4 Å². The summed E-state index contributed by atoms with van der Waals surface area (Å²) >= 11 is 0. The number of nitrogens with one attached hydrogen (secondary N) is 1. The first kappa shape index (κ1) is 15.8. The number of aliphatic hydroxyl groups is 1. The SMILES string of the molecule is O=C(NCCc1ccc(CO)cc1)C1(Cc2ccccc2)CC1. The van der Waals surface area contributed by atoms with E-state index in [4.69, 9.17) is 5.11 Å². The van der Waals surface area contributed by atoms with Gasteiger partial charge < -0.3 is 10.4 Å². The van der Waals surface area contributed by atoms with Crippen molar-refractivity contribution >= 4 is 5.91 Å². The van der Waals surface area contributed by atoms with Crippen LogP contribution < -0.4 is 5.32 Å². The number of carbonyl (C=O) groups excluding carboxylic acids is 1. The molecule has 1 amide bonds. The number of amides is 1. The van der Waals surface area contributed by atoms with Crippen LogP contribution in [0.25, 0.3) is 0 Å². The fourth-order valence-corrected chi connectivity index (χ4v) is 2.94. The molecule has 1 aliphatic rings. The molecule has 0 atom stereocenters. The van der Waals surface area contributed by atoms with Crippen LogP contribution in [0.1, 0.15) is 29.5 Å². The average Bonchev–Trinajstić information content (AvgIpc) is 3.37. The summed E-state index contributed by atoms with van der Waals surface area (Å²) in [7, 11) is 0. The fourth-order valence-electron chi connectivity index (χ4n) is 2.94. The van der Waals surface area contributed by atoms with Crippen LogP contribution in [-0.4, -0.2) is 17.6 Å². The van der Waals surface area contributed by atoms with Gasteiger partial charge >= 0.3 is 0 Å². The molecule has 120 valence electrons. The minimum atomic E-state index is -0.178. The summed E-state index contributed by atoms with van der Waals surface area (Å²) in [5.41, 5.74) is 3.15. The van der Waals surface area contributed by atoms with Crippen molar-refractivity contribution in [1.82, 2.24) is 5.32 Å². The molecular formula is C20H23NO2. The Kier molecular flexibility index (Phi) is 4.77. The summed E-state index contributed by atoms with van der Waals surface area (Å²) in [6.07, 6.45) is 3.63. The van der Waals surface area contributed by atoms with Crippen molar-refractivity contribution < 1.29 is 9.90 Å². The van der Waals surface area contributed by atoms with Gasteiger partial charge in [0.1, 0.15) is 0 Å². The van der Waals surface area contributed by atoms with E-state index in [2.05, 4.69) is 17.4 Å². The maximum absolute atomic E-state index is 12.5. The molecule has 3 heteroatoms. The van der Waals surface area contributed by atoms with Gasteiger partial charge in [-0.2, -0.15) is 0 Å². The van der Waals surface area contributed by atoms with Gasteiger partial charge in [-0.15, -0.1) is 0 Å². The number of carbonyl (C=O) groups is 1. The fraction of sp³-hybridized carbons (Fsp3) is 0.350. The van der Waals surface area contributed by atoms with Gasteiger partial charge in [0.15, 0.2) is 0 Å². The molecule has 1 saturated carbocycles. The smallest absolute Gasteiger partial charge is 0.226 e. The van der Waals surface area contributed by atoms with E-state index in [-0.39, 0.29) is 17.9 Å². The molecule has 0 unspecified atom stereocenters. The Hall–Kier alpha value is -2.13. The highest BCUT2D eigenvalue weighted by molar-refractivity contribution is 5.85. The van der Waals surface area contributed by atoms with Crippen LogP contribution in [0.5, 0.6) is 0 Å². The van der Waals surface area contributed by atoms with Gasteiger partial charge in [-0.3, -0.25) is 4.79 Å². The molecule has 2 aromatic carbocycles. The van der Waals surface area contributed by atoms with Crippen LogP contribution in [0.3, 0.4) is 0 Å². The summed E-state index contributed by atoms with van der Waals surface area (Å²) in [5.74, 6) is 0.188. The molecule has 23 heavy (non-hydrogen) atoms. The van der Waals surface area contributed by atoms with Crippen molar-refractivity contribution in [3.8, 4) is 0 Å². The van der Waals surface area contributed by atoms with E-state index >= 15 is 0 Å². The van der Waals surface area contributed by atoms with Crippen molar-refractivity contribution in [2.24, 2.45) is 5.41 Å². The zero-order valence-electron chi connectivity index (χ0n) is 13.3.